The Balaban J connectivity index is 1.56. The fourth-order valence-corrected chi connectivity index (χ4v) is 3.26. The second-order valence-corrected chi connectivity index (χ2v) is 8.42. The first-order valence-corrected chi connectivity index (χ1v) is 9.48. The van der Waals surface area contributed by atoms with Gasteiger partial charge < -0.3 is 20.4 Å². The van der Waals surface area contributed by atoms with Gasteiger partial charge in [-0.25, -0.2) is 4.79 Å². The number of hydrogen-bond donors (Lipinski definition) is 2. The number of fused-ring (bicyclic) bond motifs is 1. The molecule has 0 radical (unpaired) electrons. The molecule has 0 atom stereocenters. The third-order valence-electron chi connectivity index (χ3n) is 4.87. The van der Waals surface area contributed by atoms with Crippen molar-refractivity contribution in [3.63, 3.8) is 0 Å². The maximum atomic E-state index is 12.8. The predicted molar refractivity (Wildman–Crippen MR) is 104 cm³/mol. The highest BCUT2D eigenvalue weighted by molar-refractivity contribution is 5.98. The Morgan fingerprint density at radius 3 is 2.41 bits per heavy atom. The molecule has 1 fully saturated rings. The normalized spacial score (nSPS) is 17.2. The molecule has 0 saturated carbocycles. The Labute approximate surface area is 160 Å². The molecule has 146 valence electrons. The van der Waals surface area contributed by atoms with E-state index in [-0.39, 0.29) is 23.3 Å². The zero-order valence-electron chi connectivity index (χ0n) is 16.3. The fraction of sp³-hybridized carbons (Fsp3) is 0.550. The molecule has 2 N–H and O–H groups in total. The third kappa shape index (κ3) is 4.78. The van der Waals surface area contributed by atoms with Crippen LogP contribution in [0.2, 0.25) is 0 Å². The lowest BCUT2D eigenvalue weighted by molar-refractivity contribution is -0.116. The lowest BCUT2D eigenvalue weighted by atomic mass is 9.97. The van der Waals surface area contributed by atoms with Gasteiger partial charge in [0.25, 0.3) is 5.91 Å². The topological polar surface area (TPSA) is 81.8 Å². The summed E-state index contributed by atoms with van der Waals surface area (Å²) < 4.78 is 0. The predicted octanol–water partition coefficient (Wildman–Crippen LogP) is 2.08. The van der Waals surface area contributed by atoms with Crippen molar-refractivity contribution in [1.82, 2.24) is 15.1 Å². The number of nitrogens with one attached hydrogen (secondary N) is 2. The van der Waals surface area contributed by atoms with Gasteiger partial charge in [-0.1, -0.05) is 20.8 Å². The summed E-state index contributed by atoms with van der Waals surface area (Å²) in [4.78, 5) is 40.1. The molecule has 2 aliphatic heterocycles. The monoisotopic (exact) mass is 372 g/mol. The third-order valence-corrected chi connectivity index (χ3v) is 4.87. The molecule has 7 heteroatoms. The molecule has 0 spiro atoms. The van der Waals surface area contributed by atoms with Crippen molar-refractivity contribution >= 4 is 23.5 Å². The minimum absolute atomic E-state index is 0.0161. The van der Waals surface area contributed by atoms with Crippen molar-refractivity contribution in [3.05, 3.63) is 29.3 Å². The van der Waals surface area contributed by atoms with E-state index >= 15 is 0 Å². The van der Waals surface area contributed by atoms with E-state index in [1.54, 1.807) is 21.9 Å². The van der Waals surface area contributed by atoms with E-state index < -0.39 is 0 Å². The highest BCUT2D eigenvalue weighted by atomic mass is 16.2. The fourth-order valence-electron chi connectivity index (χ4n) is 3.26. The second kappa shape index (κ2) is 7.58. The molecule has 0 bridgehead atoms. The van der Waals surface area contributed by atoms with E-state index in [9.17, 15) is 14.4 Å². The maximum Gasteiger partial charge on any atom is 0.317 e. The number of aryl methyl sites for hydroxylation is 1. The highest BCUT2D eigenvalue weighted by Crippen LogP contribution is 2.24. The summed E-state index contributed by atoms with van der Waals surface area (Å²) in [6, 6.07) is 5.37. The molecule has 2 heterocycles. The molecule has 3 rings (SSSR count). The number of urea groups is 1. The minimum atomic E-state index is -0.0680. The van der Waals surface area contributed by atoms with E-state index in [2.05, 4.69) is 31.4 Å². The van der Waals surface area contributed by atoms with E-state index in [4.69, 9.17) is 0 Å². The first-order valence-electron chi connectivity index (χ1n) is 9.48. The lowest BCUT2D eigenvalue weighted by Gasteiger charge is -2.35. The number of rotatable bonds is 2. The lowest BCUT2D eigenvalue weighted by Crippen LogP contribution is -2.53. The van der Waals surface area contributed by atoms with Crippen LogP contribution in [0.1, 0.15) is 43.1 Å². The number of anilines is 1. The number of nitrogens with zero attached hydrogens (tertiary/aromatic N) is 2. The van der Waals surface area contributed by atoms with E-state index in [0.717, 1.165) is 11.3 Å². The minimum Gasteiger partial charge on any atom is -0.337 e. The molecule has 0 unspecified atom stereocenters. The van der Waals surface area contributed by atoms with Crippen LogP contribution in [0, 0.1) is 5.41 Å². The molecule has 1 saturated heterocycles. The van der Waals surface area contributed by atoms with Gasteiger partial charge in [-0.05, 0) is 35.6 Å². The quantitative estimate of drug-likeness (QED) is 0.834. The van der Waals surface area contributed by atoms with Gasteiger partial charge in [-0.2, -0.15) is 0 Å². The zero-order valence-corrected chi connectivity index (χ0v) is 16.3. The molecule has 1 aromatic carbocycles. The number of amides is 4. The summed E-state index contributed by atoms with van der Waals surface area (Å²) in [5.41, 5.74) is 2.47. The molecule has 4 amide bonds. The van der Waals surface area contributed by atoms with Crippen molar-refractivity contribution < 1.29 is 14.4 Å². The molecular weight excluding hydrogens is 344 g/mol. The SMILES string of the molecule is CC(C)(C)CNC(=O)N1CCN(C(=O)c2ccc3c(c2)CCC(=O)N3)CC1. The summed E-state index contributed by atoms with van der Waals surface area (Å²) in [6.07, 6.45) is 1.11. The number of benzene rings is 1. The zero-order chi connectivity index (χ0) is 19.6. The average Bonchev–Trinajstić information content (AvgIpc) is 2.64. The van der Waals surface area contributed by atoms with Crippen molar-refractivity contribution in [2.24, 2.45) is 5.41 Å². The van der Waals surface area contributed by atoms with E-state index in [1.165, 1.54) is 0 Å². The molecule has 1 aromatic rings. The van der Waals surface area contributed by atoms with Gasteiger partial charge in [-0.15, -0.1) is 0 Å². The summed E-state index contributed by atoms with van der Waals surface area (Å²) in [5.74, 6) is -0.00751. The Morgan fingerprint density at radius 2 is 1.74 bits per heavy atom. The molecule has 0 aliphatic carbocycles. The van der Waals surface area contributed by atoms with Crippen LogP contribution in [-0.2, 0) is 11.2 Å². The van der Waals surface area contributed by atoms with Crippen LogP contribution >= 0.6 is 0 Å². The number of hydrogen-bond acceptors (Lipinski definition) is 3. The highest BCUT2D eigenvalue weighted by Gasteiger charge is 2.26. The van der Waals surface area contributed by atoms with Crippen LogP contribution in [0.25, 0.3) is 0 Å². The first kappa shape index (κ1) is 19.2. The number of piperazine rings is 1. The van der Waals surface area contributed by atoms with Crippen LogP contribution in [0.3, 0.4) is 0 Å². The maximum absolute atomic E-state index is 12.8. The van der Waals surface area contributed by atoms with Crippen LogP contribution in [0.5, 0.6) is 0 Å². The molecule has 2 aliphatic rings. The van der Waals surface area contributed by atoms with E-state index in [0.29, 0.717) is 51.1 Å². The summed E-state index contributed by atoms with van der Waals surface area (Å²) in [6.45, 7) is 8.96. The van der Waals surface area contributed by atoms with Gasteiger partial charge in [0.2, 0.25) is 5.91 Å². The van der Waals surface area contributed by atoms with Crippen LogP contribution < -0.4 is 10.6 Å². The number of carbonyl (C=O) groups excluding carboxylic acids is 3. The van der Waals surface area contributed by atoms with Crippen LogP contribution in [-0.4, -0.2) is 60.4 Å². The summed E-state index contributed by atoms with van der Waals surface area (Å²) in [7, 11) is 0. The van der Waals surface area contributed by atoms with Crippen molar-refractivity contribution in [3.8, 4) is 0 Å². The Morgan fingerprint density at radius 1 is 1.07 bits per heavy atom. The number of carbonyl (C=O) groups is 3. The van der Waals surface area contributed by atoms with E-state index in [1.807, 2.05) is 6.07 Å². The van der Waals surface area contributed by atoms with Crippen LogP contribution in [0.15, 0.2) is 18.2 Å². The first-order chi connectivity index (χ1) is 12.7. The van der Waals surface area contributed by atoms with Crippen molar-refractivity contribution in [1.29, 1.82) is 0 Å². The van der Waals surface area contributed by atoms with Gasteiger partial charge in [0.05, 0.1) is 0 Å². The molecular formula is C20H28N4O3. The average molecular weight is 372 g/mol. The Kier molecular flexibility index (Phi) is 5.39. The van der Waals surface area contributed by atoms with Gasteiger partial charge in [0.1, 0.15) is 0 Å². The van der Waals surface area contributed by atoms with Gasteiger partial charge in [0.15, 0.2) is 0 Å². The Bertz CT molecular complexity index is 746. The van der Waals surface area contributed by atoms with Crippen molar-refractivity contribution in [2.75, 3.05) is 38.0 Å². The Hall–Kier alpha value is -2.57. The largest absolute Gasteiger partial charge is 0.337 e. The van der Waals surface area contributed by atoms with Gasteiger partial charge >= 0.3 is 6.03 Å². The van der Waals surface area contributed by atoms with Crippen molar-refractivity contribution in [2.45, 2.75) is 33.6 Å². The second-order valence-electron chi connectivity index (χ2n) is 8.42. The van der Waals surface area contributed by atoms with Crippen LogP contribution in [0.4, 0.5) is 10.5 Å². The smallest absolute Gasteiger partial charge is 0.317 e. The molecule has 27 heavy (non-hydrogen) atoms. The summed E-state index contributed by atoms with van der Waals surface area (Å²) >= 11 is 0. The standard InChI is InChI=1S/C20H28N4O3/c1-20(2,3)13-21-19(27)24-10-8-23(9-11-24)18(26)15-4-6-16-14(12-15)5-7-17(25)22-16/h4,6,12H,5,7-11,13H2,1-3H3,(H,21,27)(H,22,25). The van der Waals surface area contributed by atoms with Gasteiger partial charge in [0, 0.05) is 50.4 Å². The molecule has 7 nitrogen and oxygen atoms in total. The van der Waals surface area contributed by atoms with Gasteiger partial charge in [-0.3, -0.25) is 9.59 Å². The molecule has 0 aromatic heterocycles. The summed E-state index contributed by atoms with van der Waals surface area (Å²) in [5, 5.41) is 5.79.